The molecule has 8 heteroatoms. The number of methoxy groups -OCH3 is 1. The number of carbonyl (C=O) groups is 1. The first-order valence-corrected chi connectivity index (χ1v) is 9.05. The summed E-state index contributed by atoms with van der Waals surface area (Å²) in [6, 6.07) is 9.61. The number of anilines is 2. The van der Waals surface area contributed by atoms with E-state index in [0.717, 1.165) is 32.4 Å². The second-order valence-electron chi connectivity index (χ2n) is 6.31. The van der Waals surface area contributed by atoms with Crippen LogP contribution in [0.1, 0.15) is 29.6 Å². The van der Waals surface area contributed by atoms with Gasteiger partial charge in [0.2, 0.25) is 0 Å². The van der Waals surface area contributed by atoms with Gasteiger partial charge < -0.3 is 15.0 Å². The normalized spacial score (nSPS) is 13.9. The van der Waals surface area contributed by atoms with E-state index in [1.165, 1.54) is 13.2 Å². The molecule has 1 heterocycles. The molecule has 1 amide bonds. The van der Waals surface area contributed by atoms with Gasteiger partial charge in [0.25, 0.3) is 11.6 Å². The molecular formula is C19H20ClN3O4. The second kappa shape index (κ2) is 8.26. The zero-order valence-electron chi connectivity index (χ0n) is 14.9. The minimum atomic E-state index is -0.441. The topological polar surface area (TPSA) is 84.7 Å². The van der Waals surface area contributed by atoms with Crippen molar-refractivity contribution in [1.82, 2.24) is 0 Å². The van der Waals surface area contributed by atoms with Crippen LogP contribution in [-0.2, 0) is 0 Å². The van der Waals surface area contributed by atoms with E-state index in [-0.39, 0.29) is 16.6 Å². The number of piperidine rings is 1. The molecule has 142 valence electrons. The van der Waals surface area contributed by atoms with E-state index in [1.54, 1.807) is 30.3 Å². The lowest BCUT2D eigenvalue weighted by Gasteiger charge is -2.29. The van der Waals surface area contributed by atoms with Crippen LogP contribution in [-0.4, -0.2) is 31.0 Å². The maximum atomic E-state index is 12.6. The number of nitro groups is 1. The van der Waals surface area contributed by atoms with E-state index < -0.39 is 4.92 Å². The number of hydrogen-bond acceptors (Lipinski definition) is 5. The van der Waals surface area contributed by atoms with Crippen molar-refractivity contribution in [3.8, 4) is 5.75 Å². The Hall–Kier alpha value is -2.80. The van der Waals surface area contributed by atoms with E-state index in [9.17, 15) is 14.9 Å². The third kappa shape index (κ3) is 4.31. The summed E-state index contributed by atoms with van der Waals surface area (Å²) in [5.74, 6) is 0.195. The third-order valence-electron chi connectivity index (χ3n) is 4.54. The number of halogens is 1. The second-order valence-corrected chi connectivity index (χ2v) is 6.72. The highest BCUT2D eigenvalue weighted by Gasteiger charge is 2.24. The van der Waals surface area contributed by atoms with Crippen molar-refractivity contribution in [3.63, 3.8) is 0 Å². The van der Waals surface area contributed by atoms with Gasteiger partial charge in [-0.1, -0.05) is 17.7 Å². The first-order chi connectivity index (χ1) is 13.0. The van der Waals surface area contributed by atoms with Gasteiger partial charge in [0.15, 0.2) is 0 Å². The summed E-state index contributed by atoms with van der Waals surface area (Å²) in [5, 5.41) is 14.3. The summed E-state index contributed by atoms with van der Waals surface area (Å²) in [6.45, 7) is 1.48. The summed E-state index contributed by atoms with van der Waals surface area (Å²) in [4.78, 5) is 25.6. The van der Waals surface area contributed by atoms with Crippen LogP contribution in [0.4, 0.5) is 17.1 Å². The zero-order valence-corrected chi connectivity index (χ0v) is 15.7. The molecule has 0 saturated carbocycles. The van der Waals surface area contributed by atoms with Crippen molar-refractivity contribution in [2.24, 2.45) is 0 Å². The SMILES string of the molecule is COc1cccc(C(=O)Nc2cc(N3CCCCC3)c([N+](=O)[O-])cc2Cl)c1. The van der Waals surface area contributed by atoms with Crippen LogP contribution in [0.15, 0.2) is 36.4 Å². The van der Waals surface area contributed by atoms with Crippen molar-refractivity contribution in [2.45, 2.75) is 19.3 Å². The molecule has 1 aliphatic rings. The van der Waals surface area contributed by atoms with Crippen molar-refractivity contribution in [2.75, 3.05) is 30.4 Å². The molecule has 1 aliphatic heterocycles. The number of benzene rings is 2. The Morgan fingerprint density at radius 1 is 1.22 bits per heavy atom. The van der Waals surface area contributed by atoms with Crippen LogP contribution in [0.5, 0.6) is 5.75 Å². The Morgan fingerprint density at radius 3 is 2.63 bits per heavy atom. The molecule has 0 aliphatic carbocycles. The molecule has 2 aromatic rings. The van der Waals surface area contributed by atoms with E-state index in [2.05, 4.69) is 5.32 Å². The maximum Gasteiger partial charge on any atom is 0.294 e. The van der Waals surface area contributed by atoms with E-state index in [4.69, 9.17) is 16.3 Å². The summed E-state index contributed by atoms with van der Waals surface area (Å²) in [6.07, 6.45) is 3.06. The molecule has 1 fully saturated rings. The molecule has 2 aromatic carbocycles. The molecule has 3 rings (SSSR count). The minimum Gasteiger partial charge on any atom is -0.497 e. The van der Waals surface area contributed by atoms with Crippen LogP contribution >= 0.6 is 11.6 Å². The third-order valence-corrected chi connectivity index (χ3v) is 4.85. The number of ether oxygens (including phenoxy) is 1. The van der Waals surface area contributed by atoms with Crippen molar-refractivity contribution < 1.29 is 14.5 Å². The fourth-order valence-electron chi connectivity index (χ4n) is 3.14. The molecule has 1 saturated heterocycles. The highest BCUT2D eigenvalue weighted by molar-refractivity contribution is 6.34. The quantitative estimate of drug-likeness (QED) is 0.601. The fraction of sp³-hybridized carbons (Fsp3) is 0.316. The first-order valence-electron chi connectivity index (χ1n) is 8.68. The summed E-state index contributed by atoms with van der Waals surface area (Å²) >= 11 is 6.21. The van der Waals surface area contributed by atoms with Gasteiger partial charge in [-0.3, -0.25) is 14.9 Å². The molecule has 0 aromatic heterocycles. The van der Waals surface area contributed by atoms with Crippen molar-refractivity contribution >= 4 is 34.6 Å². The highest BCUT2D eigenvalue weighted by atomic mass is 35.5. The minimum absolute atomic E-state index is 0.0544. The summed E-state index contributed by atoms with van der Waals surface area (Å²) in [7, 11) is 1.52. The molecule has 1 N–H and O–H groups in total. The monoisotopic (exact) mass is 389 g/mol. The van der Waals surface area contributed by atoms with Gasteiger partial charge in [-0.25, -0.2) is 0 Å². The number of hydrogen-bond donors (Lipinski definition) is 1. The average Bonchev–Trinajstić information content (AvgIpc) is 2.69. The van der Waals surface area contributed by atoms with Crippen molar-refractivity contribution in [1.29, 1.82) is 0 Å². The van der Waals surface area contributed by atoms with Gasteiger partial charge in [-0.2, -0.15) is 0 Å². The number of carbonyl (C=O) groups excluding carboxylic acids is 1. The number of nitrogens with one attached hydrogen (secondary N) is 1. The lowest BCUT2D eigenvalue weighted by molar-refractivity contribution is -0.384. The summed E-state index contributed by atoms with van der Waals surface area (Å²) in [5.41, 5.74) is 1.17. The van der Waals surface area contributed by atoms with E-state index >= 15 is 0 Å². The lowest BCUT2D eigenvalue weighted by Crippen LogP contribution is -2.30. The number of nitro benzene ring substituents is 1. The molecule has 0 unspecified atom stereocenters. The Bertz CT molecular complexity index is 866. The largest absolute Gasteiger partial charge is 0.497 e. The van der Waals surface area contributed by atoms with Gasteiger partial charge >= 0.3 is 0 Å². The van der Waals surface area contributed by atoms with Crippen LogP contribution in [0.3, 0.4) is 0 Å². The van der Waals surface area contributed by atoms with Crippen LogP contribution < -0.4 is 15.0 Å². The number of amides is 1. The Morgan fingerprint density at radius 2 is 1.96 bits per heavy atom. The zero-order chi connectivity index (χ0) is 19.4. The van der Waals surface area contributed by atoms with Gasteiger partial charge in [-0.15, -0.1) is 0 Å². The molecule has 27 heavy (non-hydrogen) atoms. The molecule has 0 spiro atoms. The number of rotatable bonds is 5. The lowest BCUT2D eigenvalue weighted by atomic mass is 10.1. The van der Waals surface area contributed by atoms with Gasteiger partial charge in [0, 0.05) is 24.7 Å². The van der Waals surface area contributed by atoms with E-state index in [0.29, 0.717) is 22.7 Å². The molecule has 0 bridgehead atoms. The molecule has 0 radical (unpaired) electrons. The fourth-order valence-corrected chi connectivity index (χ4v) is 3.35. The molecular weight excluding hydrogens is 370 g/mol. The number of nitrogens with zero attached hydrogens (tertiary/aromatic N) is 2. The predicted octanol–water partition coefficient (Wildman–Crippen LogP) is 4.50. The summed E-state index contributed by atoms with van der Waals surface area (Å²) < 4.78 is 5.13. The predicted molar refractivity (Wildman–Crippen MR) is 105 cm³/mol. The first kappa shape index (κ1) is 19.0. The van der Waals surface area contributed by atoms with Crippen LogP contribution in [0.2, 0.25) is 5.02 Å². The highest BCUT2D eigenvalue weighted by Crippen LogP contribution is 2.38. The van der Waals surface area contributed by atoms with Gasteiger partial charge in [0.05, 0.1) is 22.7 Å². The van der Waals surface area contributed by atoms with Crippen LogP contribution in [0.25, 0.3) is 0 Å². The van der Waals surface area contributed by atoms with Gasteiger partial charge in [-0.05, 0) is 43.5 Å². The Balaban J connectivity index is 1.92. The average molecular weight is 390 g/mol. The Labute approximate surface area is 162 Å². The van der Waals surface area contributed by atoms with Crippen LogP contribution in [0, 0.1) is 10.1 Å². The smallest absolute Gasteiger partial charge is 0.294 e. The standard InChI is InChI=1S/C19H20ClN3O4/c1-27-14-7-5-6-13(10-14)19(24)21-16-12-17(22-8-3-2-4-9-22)18(23(25)26)11-15(16)20/h5-7,10-12H,2-4,8-9H2,1H3,(H,21,24). The van der Waals surface area contributed by atoms with Gasteiger partial charge in [0.1, 0.15) is 11.4 Å². The molecule has 0 atom stereocenters. The Kier molecular flexibility index (Phi) is 5.81. The molecule has 7 nitrogen and oxygen atoms in total. The van der Waals surface area contributed by atoms with Crippen molar-refractivity contribution in [3.05, 3.63) is 57.1 Å². The maximum absolute atomic E-state index is 12.6. The van der Waals surface area contributed by atoms with E-state index in [1.807, 2.05) is 4.90 Å².